The number of hydrogen-bond donors (Lipinski definition) is 2. The van der Waals surface area contributed by atoms with E-state index >= 15 is 0 Å². The van der Waals surface area contributed by atoms with Crippen molar-refractivity contribution in [3.05, 3.63) is 41.5 Å². The molecule has 0 bridgehead atoms. The van der Waals surface area contributed by atoms with E-state index in [2.05, 4.69) is 5.32 Å². The van der Waals surface area contributed by atoms with Crippen LogP contribution in [0.5, 0.6) is 0 Å². The molecule has 0 aliphatic rings. The van der Waals surface area contributed by atoms with E-state index in [1.165, 1.54) is 6.08 Å². The molecule has 0 fully saturated rings. The number of carbonyl (C=O) groups excluding carboxylic acids is 1. The quantitative estimate of drug-likeness (QED) is 0.763. The Balaban J connectivity index is 2.75. The molecular formula is C14H17NO4. The Labute approximate surface area is 111 Å². The third-order valence-corrected chi connectivity index (χ3v) is 2.36. The van der Waals surface area contributed by atoms with Crippen molar-refractivity contribution >= 4 is 18.0 Å². The van der Waals surface area contributed by atoms with Crippen molar-refractivity contribution in [2.45, 2.75) is 13.0 Å². The van der Waals surface area contributed by atoms with E-state index < -0.39 is 5.97 Å². The van der Waals surface area contributed by atoms with Crippen LogP contribution in [0.2, 0.25) is 0 Å². The third kappa shape index (κ3) is 5.35. The van der Waals surface area contributed by atoms with Crippen molar-refractivity contribution in [1.82, 2.24) is 5.32 Å². The molecule has 0 radical (unpaired) electrons. The van der Waals surface area contributed by atoms with Gasteiger partial charge in [0.05, 0.1) is 6.61 Å². The van der Waals surface area contributed by atoms with Crippen molar-refractivity contribution in [3.63, 3.8) is 0 Å². The van der Waals surface area contributed by atoms with Gasteiger partial charge in [-0.05, 0) is 30.7 Å². The number of amides is 1. The van der Waals surface area contributed by atoms with E-state index in [1.54, 1.807) is 31.4 Å². The molecule has 0 heterocycles. The Bertz CT molecular complexity index is 482. The molecule has 0 aliphatic carbocycles. The maximum atomic E-state index is 11.9. The van der Waals surface area contributed by atoms with Crippen LogP contribution in [-0.4, -0.2) is 36.7 Å². The smallest absolute Gasteiger partial charge is 0.328 e. The lowest BCUT2D eigenvalue weighted by atomic mass is 10.1. The largest absolute Gasteiger partial charge is 0.478 e. The van der Waals surface area contributed by atoms with Crippen LogP contribution in [0, 0.1) is 0 Å². The first-order valence-corrected chi connectivity index (χ1v) is 5.84. The molecule has 0 saturated heterocycles. The van der Waals surface area contributed by atoms with Crippen LogP contribution in [0.3, 0.4) is 0 Å². The molecule has 1 atom stereocenters. The number of benzene rings is 1. The second-order valence-electron chi connectivity index (χ2n) is 4.13. The molecule has 0 saturated carbocycles. The zero-order chi connectivity index (χ0) is 14.3. The molecule has 19 heavy (non-hydrogen) atoms. The lowest BCUT2D eigenvalue weighted by Gasteiger charge is -2.12. The minimum absolute atomic E-state index is 0.0873. The standard InChI is InChI=1S/C14H17NO4/c1-10(9-19-2)15-14(18)12-5-3-4-11(8-12)6-7-13(16)17/h3-8,10H,9H2,1-2H3,(H,15,18)(H,16,17). The number of carbonyl (C=O) groups is 2. The number of aliphatic carboxylic acids is 1. The first kappa shape index (κ1) is 14.9. The molecule has 5 heteroatoms. The molecule has 0 aliphatic heterocycles. The lowest BCUT2D eigenvalue weighted by molar-refractivity contribution is -0.131. The fourth-order valence-electron chi connectivity index (χ4n) is 1.55. The minimum Gasteiger partial charge on any atom is -0.478 e. The first-order valence-electron chi connectivity index (χ1n) is 5.84. The van der Waals surface area contributed by atoms with Gasteiger partial charge in [-0.1, -0.05) is 12.1 Å². The number of methoxy groups -OCH3 is 1. The van der Waals surface area contributed by atoms with E-state index in [-0.39, 0.29) is 11.9 Å². The number of nitrogens with one attached hydrogen (secondary N) is 1. The molecule has 1 unspecified atom stereocenters. The zero-order valence-electron chi connectivity index (χ0n) is 10.9. The Morgan fingerprint density at radius 2 is 2.21 bits per heavy atom. The molecule has 1 rings (SSSR count). The monoisotopic (exact) mass is 263 g/mol. The third-order valence-electron chi connectivity index (χ3n) is 2.36. The van der Waals surface area contributed by atoms with Crippen molar-refractivity contribution in [2.24, 2.45) is 0 Å². The van der Waals surface area contributed by atoms with Gasteiger partial charge in [-0.25, -0.2) is 4.79 Å². The predicted octanol–water partition coefficient (Wildman–Crippen LogP) is 1.55. The van der Waals surface area contributed by atoms with Crippen molar-refractivity contribution in [2.75, 3.05) is 13.7 Å². The van der Waals surface area contributed by atoms with Crippen LogP contribution in [0.1, 0.15) is 22.8 Å². The summed E-state index contributed by atoms with van der Waals surface area (Å²) in [5.41, 5.74) is 1.14. The number of carboxylic acid groups (broad SMARTS) is 1. The molecule has 1 aromatic carbocycles. The summed E-state index contributed by atoms with van der Waals surface area (Å²) in [6, 6.07) is 6.66. The molecule has 2 N–H and O–H groups in total. The topological polar surface area (TPSA) is 75.6 Å². The molecule has 5 nitrogen and oxygen atoms in total. The van der Waals surface area contributed by atoms with E-state index in [4.69, 9.17) is 9.84 Å². The van der Waals surface area contributed by atoms with Gasteiger partial charge in [-0.15, -0.1) is 0 Å². The number of carboxylic acids is 1. The van der Waals surface area contributed by atoms with Crippen LogP contribution in [-0.2, 0) is 9.53 Å². The summed E-state index contributed by atoms with van der Waals surface area (Å²) in [6.07, 6.45) is 2.47. The lowest BCUT2D eigenvalue weighted by Crippen LogP contribution is -2.35. The Hall–Kier alpha value is -2.14. The van der Waals surface area contributed by atoms with Gasteiger partial charge in [-0.2, -0.15) is 0 Å². The summed E-state index contributed by atoms with van der Waals surface area (Å²) in [7, 11) is 1.57. The van der Waals surface area contributed by atoms with Crippen LogP contribution in [0.25, 0.3) is 6.08 Å². The Morgan fingerprint density at radius 3 is 2.84 bits per heavy atom. The Morgan fingerprint density at radius 1 is 1.47 bits per heavy atom. The van der Waals surface area contributed by atoms with Gasteiger partial charge in [0.25, 0.3) is 5.91 Å². The van der Waals surface area contributed by atoms with Gasteiger partial charge < -0.3 is 15.2 Å². The second kappa shape index (κ2) is 7.33. The van der Waals surface area contributed by atoms with Crippen LogP contribution in [0.4, 0.5) is 0 Å². The van der Waals surface area contributed by atoms with Gasteiger partial charge in [0.15, 0.2) is 0 Å². The average molecular weight is 263 g/mol. The SMILES string of the molecule is COCC(C)NC(=O)c1cccc(C=CC(=O)O)c1. The first-order chi connectivity index (χ1) is 9.02. The van der Waals surface area contributed by atoms with E-state index in [1.807, 2.05) is 6.92 Å². The second-order valence-corrected chi connectivity index (χ2v) is 4.13. The van der Waals surface area contributed by atoms with Gasteiger partial charge >= 0.3 is 5.97 Å². The molecule has 1 amide bonds. The summed E-state index contributed by atoms with van der Waals surface area (Å²) >= 11 is 0. The van der Waals surface area contributed by atoms with Crippen LogP contribution < -0.4 is 5.32 Å². The fraction of sp³-hybridized carbons (Fsp3) is 0.286. The van der Waals surface area contributed by atoms with Crippen molar-refractivity contribution in [1.29, 1.82) is 0 Å². The van der Waals surface area contributed by atoms with Gasteiger partial charge in [0, 0.05) is 24.8 Å². The predicted molar refractivity (Wildman–Crippen MR) is 71.9 cm³/mol. The van der Waals surface area contributed by atoms with Crippen LogP contribution >= 0.6 is 0 Å². The normalized spacial score (nSPS) is 12.3. The highest BCUT2D eigenvalue weighted by Crippen LogP contribution is 2.07. The molecule has 1 aromatic rings. The number of ether oxygens (including phenoxy) is 1. The fourth-order valence-corrected chi connectivity index (χ4v) is 1.55. The highest BCUT2D eigenvalue weighted by Gasteiger charge is 2.09. The average Bonchev–Trinajstić information content (AvgIpc) is 2.37. The number of rotatable bonds is 6. The molecule has 0 spiro atoms. The summed E-state index contributed by atoms with van der Waals surface area (Å²) in [4.78, 5) is 22.3. The molecule has 0 aromatic heterocycles. The maximum Gasteiger partial charge on any atom is 0.328 e. The molecular weight excluding hydrogens is 246 g/mol. The summed E-state index contributed by atoms with van der Waals surface area (Å²) < 4.78 is 4.94. The highest BCUT2D eigenvalue weighted by atomic mass is 16.5. The minimum atomic E-state index is -1.02. The van der Waals surface area contributed by atoms with E-state index in [0.717, 1.165) is 6.08 Å². The Kier molecular flexibility index (Phi) is 5.75. The van der Waals surface area contributed by atoms with Crippen LogP contribution in [0.15, 0.2) is 30.3 Å². The highest BCUT2D eigenvalue weighted by molar-refractivity contribution is 5.95. The van der Waals surface area contributed by atoms with E-state index in [0.29, 0.717) is 17.7 Å². The van der Waals surface area contributed by atoms with Crippen molar-refractivity contribution in [3.8, 4) is 0 Å². The summed E-state index contributed by atoms with van der Waals surface area (Å²) in [5.74, 6) is -1.24. The van der Waals surface area contributed by atoms with Gasteiger partial charge in [-0.3, -0.25) is 4.79 Å². The van der Waals surface area contributed by atoms with Gasteiger partial charge in [0.1, 0.15) is 0 Å². The van der Waals surface area contributed by atoms with E-state index in [9.17, 15) is 9.59 Å². The zero-order valence-corrected chi connectivity index (χ0v) is 10.9. The van der Waals surface area contributed by atoms with Crippen molar-refractivity contribution < 1.29 is 19.4 Å². The molecule has 102 valence electrons. The summed E-state index contributed by atoms with van der Waals surface area (Å²) in [6.45, 7) is 2.28. The van der Waals surface area contributed by atoms with Gasteiger partial charge in [0.2, 0.25) is 0 Å². The maximum absolute atomic E-state index is 11.9. The summed E-state index contributed by atoms with van der Waals surface area (Å²) in [5, 5.41) is 11.3. The number of hydrogen-bond acceptors (Lipinski definition) is 3.